The van der Waals surface area contributed by atoms with Crippen molar-refractivity contribution in [2.75, 3.05) is 5.32 Å². The molecule has 0 saturated carbocycles. The Bertz CT molecular complexity index is 727. The fraction of sp³-hybridized carbons (Fsp3) is 0.0833. The molecule has 0 aliphatic rings. The van der Waals surface area contributed by atoms with E-state index in [2.05, 4.69) is 25.3 Å². The first-order valence-electron chi connectivity index (χ1n) is 5.60. The number of H-pyrrole nitrogens is 1. The van der Waals surface area contributed by atoms with Gasteiger partial charge in [-0.3, -0.25) is 0 Å². The van der Waals surface area contributed by atoms with Crippen molar-refractivity contribution in [2.24, 2.45) is 0 Å². The van der Waals surface area contributed by atoms with Crippen LogP contribution in [0.4, 0.5) is 5.82 Å². The van der Waals surface area contributed by atoms with Crippen molar-refractivity contribution in [2.45, 2.75) is 6.54 Å². The zero-order valence-electron chi connectivity index (χ0n) is 9.76. The van der Waals surface area contributed by atoms with Gasteiger partial charge in [0.15, 0.2) is 11.5 Å². The van der Waals surface area contributed by atoms with Crippen LogP contribution in [-0.4, -0.2) is 25.0 Å². The molecule has 0 unspecified atom stereocenters. The van der Waals surface area contributed by atoms with Gasteiger partial charge in [0.25, 0.3) is 0 Å². The number of nitrogens with one attached hydrogen (secondary N) is 2. The van der Waals surface area contributed by atoms with Crippen molar-refractivity contribution in [3.8, 4) is 5.75 Å². The van der Waals surface area contributed by atoms with E-state index in [1.807, 2.05) is 0 Å². The molecule has 96 valence electrons. The number of hydrogen-bond donors (Lipinski definition) is 3. The Morgan fingerprint density at radius 3 is 3.05 bits per heavy atom. The number of aromatic hydroxyl groups is 1. The van der Waals surface area contributed by atoms with Crippen LogP contribution in [0.15, 0.2) is 30.9 Å². The van der Waals surface area contributed by atoms with Gasteiger partial charge >= 0.3 is 0 Å². The minimum absolute atomic E-state index is 0.0755. The van der Waals surface area contributed by atoms with E-state index in [9.17, 15) is 5.11 Å². The zero-order valence-corrected chi connectivity index (χ0v) is 10.5. The van der Waals surface area contributed by atoms with E-state index in [-0.39, 0.29) is 5.75 Å². The van der Waals surface area contributed by atoms with Crippen molar-refractivity contribution in [1.29, 1.82) is 0 Å². The van der Waals surface area contributed by atoms with Gasteiger partial charge in [0, 0.05) is 12.1 Å². The van der Waals surface area contributed by atoms with Gasteiger partial charge in [-0.05, 0) is 6.07 Å². The lowest BCUT2D eigenvalue weighted by molar-refractivity contribution is 0.469. The summed E-state index contributed by atoms with van der Waals surface area (Å²) in [5.41, 5.74) is 2.01. The Morgan fingerprint density at radius 1 is 1.26 bits per heavy atom. The lowest BCUT2D eigenvalue weighted by Crippen LogP contribution is -2.02. The Hall–Kier alpha value is -2.34. The average molecular weight is 276 g/mol. The molecule has 19 heavy (non-hydrogen) atoms. The molecule has 0 aliphatic carbocycles. The van der Waals surface area contributed by atoms with Crippen LogP contribution in [0.2, 0.25) is 5.02 Å². The highest BCUT2D eigenvalue weighted by Gasteiger charge is 2.08. The summed E-state index contributed by atoms with van der Waals surface area (Å²) in [6.45, 7) is 0.400. The van der Waals surface area contributed by atoms with Gasteiger partial charge in [-0.25, -0.2) is 15.0 Å². The smallest absolute Gasteiger partial charge is 0.182 e. The van der Waals surface area contributed by atoms with Crippen molar-refractivity contribution in [3.05, 3.63) is 41.4 Å². The summed E-state index contributed by atoms with van der Waals surface area (Å²) < 4.78 is 0. The summed E-state index contributed by atoms with van der Waals surface area (Å²) in [6, 6.07) is 5.21. The maximum atomic E-state index is 9.82. The minimum Gasteiger partial charge on any atom is -0.506 e. The molecule has 0 atom stereocenters. The molecule has 0 bridgehead atoms. The summed E-state index contributed by atoms with van der Waals surface area (Å²) in [6.07, 6.45) is 2.99. The third kappa shape index (κ3) is 2.17. The molecule has 0 saturated heterocycles. The second-order valence-electron chi connectivity index (χ2n) is 3.92. The molecular formula is C12H10ClN5O. The zero-order chi connectivity index (χ0) is 13.2. The van der Waals surface area contributed by atoms with E-state index < -0.39 is 0 Å². The number of aromatic nitrogens is 4. The predicted octanol–water partition coefficient (Wildman–Crippen LogP) is 2.32. The predicted molar refractivity (Wildman–Crippen MR) is 72.1 cm³/mol. The molecule has 1 aromatic carbocycles. The van der Waals surface area contributed by atoms with Crippen LogP contribution in [0.25, 0.3) is 11.2 Å². The number of imidazole rings is 1. The van der Waals surface area contributed by atoms with Gasteiger partial charge < -0.3 is 15.4 Å². The molecule has 3 rings (SSSR count). The molecule has 0 radical (unpaired) electrons. The van der Waals surface area contributed by atoms with Crippen LogP contribution in [0, 0.1) is 0 Å². The summed E-state index contributed by atoms with van der Waals surface area (Å²) in [4.78, 5) is 15.2. The number of anilines is 1. The lowest BCUT2D eigenvalue weighted by atomic mass is 10.2. The van der Waals surface area contributed by atoms with E-state index in [4.69, 9.17) is 11.6 Å². The van der Waals surface area contributed by atoms with Crippen LogP contribution >= 0.6 is 11.6 Å². The fourth-order valence-corrected chi connectivity index (χ4v) is 1.97. The molecule has 3 aromatic rings. The van der Waals surface area contributed by atoms with E-state index >= 15 is 0 Å². The summed E-state index contributed by atoms with van der Waals surface area (Å²) >= 11 is 5.85. The Kier molecular flexibility index (Phi) is 2.92. The molecule has 0 fully saturated rings. The van der Waals surface area contributed by atoms with Crippen molar-refractivity contribution in [3.63, 3.8) is 0 Å². The number of rotatable bonds is 3. The van der Waals surface area contributed by atoms with Crippen LogP contribution in [0.3, 0.4) is 0 Å². The molecular weight excluding hydrogens is 266 g/mol. The fourth-order valence-electron chi connectivity index (χ4n) is 1.78. The summed E-state index contributed by atoms with van der Waals surface area (Å²) in [7, 11) is 0. The first-order valence-corrected chi connectivity index (χ1v) is 5.98. The highest BCUT2D eigenvalue weighted by atomic mass is 35.5. The third-order valence-corrected chi connectivity index (χ3v) is 3.04. The number of benzene rings is 1. The molecule has 0 spiro atoms. The van der Waals surface area contributed by atoms with Crippen molar-refractivity contribution >= 4 is 28.6 Å². The Morgan fingerprint density at radius 2 is 2.16 bits per heavy atom. The largest absolute Gasteiger partial charge is 0.506 e. The number of aromatic amines is 1. The van der Waals surface area contributed by atoms with Gasteiger partial charge in [0.2, 0.25) is 0 Å². The van der Waals surface area contributed by atoms with E-state index in [0.29, 0.717) is 28.6 Å². The topological polar surface area (TPSA) is 86.7 Å². The monoisotopic (exact) mass is 275 g/mol. The Labute approximate surface area is 113 Å². The summed E-state index contributed by atoms with van der Waals surface area (Å²) in [5, 5.41) is 13.3. The molecule has 3 N–H and O–H groups in total. The van der Waals surface area contributed by atoms with E-state index in [0.717, 1.165) is 5.52 Å². The molecule has 2 heterocycles. The third-order valence-electron chi connectivity index (χ3n) is 2.74. The quantitative estimate of drug-likeness (QED) is 0.683. The number of phenols is 1. The second-order valence-corrected chi connectivity index (χ2v) is 4.33. The molecule has 2 aromatic heterocycles. The van der Waals surface area contributed by atoms with Crippen molar-refractivity contribution in [1.82, 2.24) is 19.9 Å². The SMILES string of the molecule is Oc1c(Cl)cccc1CNc1ncnc2nc[nH]c12. The van der Waals surface area contributed by atoms with E-state index in [1.54, 1.807) is 24.5 Å². The number of fused-ring (bicyclic) bond motifs is 1. The lowest BCUT2D eigenvalue weighted by Gasteiger charge is -2.08. The molecule has 0 aliphatic heterocycles. The van der Waals surface area contributed by atoms with E-state index in [1.165, 1.54) is 6.33 Å². The maximum Gasteiger partial charge on any atom is 0.182 e. The number of halogens is 1. The summed E-state index contributed by atoms with van der Waals surface area (Å²) in [5.74, 6) is 0.702. The van der Waals surface area contributed by atoms with Crippen LogP contribution in [0.5, 0.6) is 5.75 Å². The highest BCUT2D eigenvalue weighted by Crippen LogP contribution is 2.27. The van der Waals surface area contributed by atoms with Crippen LogP contribution < -0.4 is 5.32 Å². The second kappa shape index (κ2) is 4.74. The van der Waals surface area contributed by atoms with Crippen molar-refractivity contribution < 1.29 is 5.11 Å². The number of para-hydroxylation sites is 1. The van der Waals surface area contributed by atoms with Gasteiger partial charge in [-0.1, -0.05) is 23.7 Å². The molecule has 7 heteroatoms. The average Bonchev–Trinajstić information content (AvgIpc) is 2.89. The molecule has 6 nitrogen and oxygen atoms in total. The number of nitrogens with zero attached hydrogens (tertiary/aromatic N) is 3. The maximum absolute atomic E-state index is 9.82. The molecule has 0 amide bonds. The number of phenolic OH excluding ortho intramolecular Hbond substituents is 1. The normalized spacial score (nSPS) is 10.8. The standard InChI is InChI=1S/C12H10ClN5O/c13-8-3-1-2-7(10(8)19)4-14-11-9-12(16-5-15-9)18-6-17-11/h1-3,5-6,19H,4H2,(H2,14,15,16,17,18). The highest BCUT2D eigenvalue weighted by molar-refractivity contribution is 6.32. The Balaban J connectivity index is 1.86. The van der Waals surface area contributed by atoms with Gasteiger partial charge in [-0.15, -0.1) is 0 Å². The van der Waals surface area contributed by atoms with Gasteiger partial charge in [-0.2, -0.15) is 0 Å². The van der Waals surface area contributed by atoms with Crippen LogP contribution in [0.1, 0.15) is 5.56 Å². The minimum atomic E-state index is 0.0755. The first kappa shape index (κ1) is 11.7. The first-order chi connectivity index (χ1) is 9.25. The van der Waals surface area contributed by atoms with Gasteiger partial charge in [0.1, 0.15) is 17.6 Å². The van der Waals surface area contributed by atoms with Crippen LogP contribution in [-0.2, 0) is 6.54 Å². The van der Waals surface area contributed by atoms with Gasteiger partial charge in [0.05, 0.1) is 11.3 Å². The number of hydrogen-bond acceptors (Lipinski definition) is 5.